The molecule has 0 aromatic carbocycles. The van der Waals surface area contributed by atoms with E-state index in [-0.39, 0.29) is 17.2 Å². The maximum atomic E-state index is 12.8. The average molecular weight is 260 g/mol. The minimum Gasteiger partial charge on any atom is -0.427 e. The Morgan fingerprint density at radius 2 is 1.83 bits per heavy atom. The van der Waals surface area contributed by atoms with Crippen molar-refractivity contribution in [1.29, 1.82) is 0 Å². The number of hydrogen-bond donors (Lipinski definition) is 0. The van der Waals surface area contributed by atoms with Crippen LogP contribution in [-0.4, -0.2) is 0 Å². The van der Waals surface area contributed by atoms with Gasteiger partial charge in [-0.25, -0.2) is 4.79 Å². The second-order valence-corrected chi connectivity index (χ2v) is 4.80. The molecule has 18 heavy (non-hydrogen) atoms. The minimum atomic E-state index is -4.50. The quantitative estimate of drug-likeness (QED) is 0.763. The van der Waals surface area contributed by atoms with Gasteiger partial charge in [0, 0.05) is 17.5 Å². The zero-order chi connectivity index (χ0) is 13.3. The van der Waals surface area contributed by atoms with Gasteiger partial charge in [-0.1, -0.05) is 19.3 Å². The lowest BCUT2D eigenvalue weighted by Gasteiger charge is -2.23. The summed E-state index contributed by atoms with van der Waals surface area (Å²) in [6.45, 7) is 1.38. The topological polar surface area (TPSA) is 30.2 Å². The molecule has 0 amide bonds. The van der Waals surface area contributed by atoms with Crippen LogP contribution >= 0.6 is 0 Å². The van der Waals surface area contributed by atoms with E-state index in [1.54, 1.807) is 0 Å². The minimum absolute atomic E-state index is 0.0475. The fourth-order valence-corrected chi connectivity index (χ4v) is 2.62. The van der Waals surface area contributed by atoms with Gasteiger partial charge in [-0.15, -0.1) is 0 Å². The highest BCUT2D eigenvalue weighted by Gasteiger charge is 2.35. The number of hydrogen-bond acceptors (Lipinski definition) is 2. The lowest BCUT2D eigenvalue weighted by Crippen LogP contribution is -2.17. The molecule has 0 saturated heterocycles. The smallest absolute Gasteiger partial charge is 0.417 e. The summed E-state index contributed by atoms with van der Waals surface area (Å²) < 4.78 is 43.4. The van der Waals surface area contributed by atoms with Gasteiger partial charge in [-0.2, -0.15) is 13.2 Å². The van der Waals surface area contributed by atoms with Gasteiger partial charge in [0.15, 0.2) is 0 Å². The Morgan fingerprint density at radius 1 is 1.22 bits per heavy atom. The summed E-state index contributed by atoms with van der Waals surface area (Å²) in [5, 5.41) is 0. The van der Waals surface area contributed by atoms with E-state index in [2.05, 4.69) is 0 Å². The van der Waals surface area contributed by atoms with E-state index in [4.69, 9.17) is 4.42 Å². The van der Waals surface area contributed by atoms with Gasteiger partial charge in [-0.3, -0.25) is 0 Å². The summed E-state index contributed by atoms with van der Waals surface area (Å²) in [6.07, 6.45) is 0.145. The molecule has 0 bridgehead atoms. The van der Waals surface area contributed by atoms with Gasteiger partial charge < -0.3 is 4.42 Å². The van der Waals surface area contributed by atoms with Crippen LogP contribution in [0.25, 0.3) is 0 Å². The van der Waals surface area contributed by atoms with Crippen molar-refractivity contribution in [1.82, 2.24) is 0 Å². The van der Waals surface area contributed by atoms with Crippen molar-refractivity contribution in [2.45, 2.75) is 51.1 Å². The largest absolute Gasteiger partial charge is 0.427 e. The lowest BCUT2D eigenvalue weighted by molar-refractivity contribution is -0.138. The highest BCUT2D eigenvalue weighted by molar-refractivity contribution is 5.31. The first-order valence-corrected chi connectivity index (χ1v) is 6.11. The Bertz CT molecular complexity index is 482. The van der Waals surface area contributed by atoms with E-state index < -0.39 is 17.4 Å². The molecular weight excluding hydrogens is 245 g/mol. The van der Waals surface area contributed by atoms with Crippen LogP contribution in [0.2, 0.25) is 0 Å². The molecular formula is C13H15F3O2. The first-order valence-electron chi connectivity index (χ1n) is 6.11. The molecule has 0 radical (unpaired) electrons. The molecule has 1 aliphatic carbocycles. The maximum absolute atomic E-state index is 12.8. The van der Waals surface area contributed by atoms with Crippen LogP contribution in [0.3, 0.4) is 0 Å². The van der Waals surface area contributed by atoms with Crippen molar-refractivity contribution in [3.8, 4) is 0 Å². The van der Waals surface area contributed by atoms with E-state index in [9.17, 15) is 18.0 Å². The highest BCUT2D eigenvalue weighted by atomic mass is 19.4. The fraction of sp³-hybridized carbons (Fsp3) is 0.615. The summed E-state index contributed by atoms with van der Waals surface area (Å²) >= 11 is 0. The third kappa shape index (κ3) is 2.60. The number of halogens is 3. The predicted octanol–water partition coefficient (Wildman–Crippen LogP) is 4.01. The summed E-state index contributed by atoms with van der Waals surface area (Å²) in [5.41, 5.74) is -1.71. The van der Waals surface area contributed by atoms with Crippen molar-refractivity contribution in [3.05, 3.63) is 33.4 Å². The molecule has 0 spiro atoms. The molecule has 0 unspecified atom stereocenters. The van der Waals surface area contributed by atoms with Crippen molar-refractivity contribution in [2.75, 3.05) is 0 Å². The van der Waals surface area contributed by atoms with Crippen LogP contribution in [0.4, 0.5) is 13.2 Å². The average Bonchev–Trinajstić information content (AvgIpc) is 2.31. The second kappa shape index (κ2) is 4.78. The molecule has 1 aromatic heterocycles. The second-order valence-electron chi connectivity index (χ2n) is 4.80. The van der Waals surface area contributed by atoms with E-state index in [0.29, 0.717) is 6.07 Å². The third-order valence-corrected chi connectivity index (χ3v) is 3.53. The lowest BCUT2D eigenvalue weighted by atomic mass is 9.85. The van der Waals surface area contributed by atoms with Gasteiger partial charge in [0.05, 0.1) is 5.56 Å². The van der Waals surface area contributed by atoms with Crippen molar-refractivity contribution in [3.63, 3.8) is 0 Å². The summed E-state index contributed by atoms with van der Waals surface area (Å²) in [4.78, 5) is 11.3. The molecule has 1 aromatic rings. The summed E-state index contributed by atoms with van der Waals surface area (Å²) in [5.74, 6) is 0.184. The van der Waals surface area contributed by atoms with Crippen LogP contribution in [0, 0.1) is 6.92 Å². The molecule has 1 aliphatic rings. The summed E-state index contributed by atoms with van der Waals surface area (Å²) in [7, 11) is 0. The Kier molecular flexibility index (Phi) is 3.50. The molecule has 2 rings (SSSR count). The fourth-order valence-electron chi connectivity index (χ4n) is 2.62. The Morgan fingerprint density at radius 3 is 2.39 bits per heavy atom. The SMILES string of the molecule is Cc1c(C(F)(F)F)cc(=O)oc1C1CCCCC1. The van der Waals surface area contributed by atoms with E-state index in [1.165, 1.54) is 6.92 Å². The van der Waals surface area contributed by atoms with E-state index in [0.717, 1.165) is 32.1 Å². The van der Waals surface area contributed by atoms with Crippen molar-refractivity contribution < 1.29 is 17.6 Å². The predicted molar refractivity (Wildman–Crippen MR) is 60.5 cm³/mol. The summed E-state index contributed by atoms with van der Waals surface area (Å²) in [6, 6.07) is 0.543. The Hall–Kier alpha value is -1.26. The monoisotopic (exact) mass is 260 g/mol. The zero-order valence-corrected chi connectivity index (χ0v) is 10.1. The van der Waals surface area contributed by atoms with Gasteiger partial charge >= 0.3 is 11.8 Å². The van der Waals surface area contributed by atoms with Gasteiger partial charge in [0.1, 0.15) is 5.76 Å². The van der Waals surface area contributed by atoms with Gasteiger partial charge in [0.25, 0.3) is 0 Å². The maximum Gasteiger partial charge on any atom is 0.417 e. The van der Waals surface area contributed by atoms with E-state index >= 15 is 0 Å². The molecule has 100 valence electrons. The van der Waals surface area contributed by atoms with Gasteiger partial charge in [0.2, 0.25) is 0 Å². The molecule has 1 heterocycles. The van der Waals surface area contributed by atoms with Crippen LogP contribution in [0.1, 0.15) is 54.9 Å². The van der Waals surface area contributed by atoms with Crippen LogP contribution < -0.4 is 5.63 Å². The highest BCUT2D eigenvalue weighted by Crippen LogP contribution is 2.38. The van der Waals surface area contributed by atoms with Crippen molar-refractivity contribution >= 4 is 0 Å². The molecule has 0 aliphatic heterocycles. The number of alkyl halides is 3. The first kappa shape index (κ1) is 13.2. The molecule has 0 atom stereocenters. The standard InChI is InChI=1S/C13H15F3O2/c1-8-10(13(14,15)16)7-11(17)18-12(8)9-5-3-2-4-6-9/h7,9H,2-6H2,1H3. The van der Waals surface area contributed by atoms with E-state index in [1.807, 2.05) is 0 Å². The normalized spacial score (nSPS) is 18.0. The molecule has 1 fully saturated rings. The first-order chi connectivity index (χ1) is 8.39. The molecule has 5 heteroatoms. The van der Waals surface area contributed by atoms with Crippen LogP contribution in [0.15, 0.2) is 15.3 Å². The van der Waals surface area contributed by atoms with Crippen LogP contribution in [0.5, 0.6) is 0 Å². The zero-order valence-electron chi connectivity index (χ0n) is 10.1. The molecule has 1 saturated carbocycles. The van der Waals surface area contributed by atoms with Crippen LogP contribution in [-0.2, 0) is 6.18 Å². The molecule has 0 N–H and O–H groups in total. The third-order valence-electron chi connectivity index (χ3n) is 3.53. The number of rotatable bonds is 1. The molecule has 2 nitrogen and oxygen atoms in total. The Balaban J connectivity index is 2.47. The van der Waals surface area contributed by atoms with Crippen molar-refractivity contribution in [2.24, 2.45) is 0 Å². The van der Waals surface area contributed by atoms with Gasteiger partial charge in [-0.05, 0) is 19.8 Å². The Labute approximate surface area is 103 Å².